The smallest absolute Gasteiger partial charge is 0.230 e. The monoisotopic (exact) mass is 348 g/mol. The second kappa shape index (κ2) is 9.44. The van der Waals surface area contributed by atoms with Crippen LogP contribution in [0, 0.1) is 6.92 Å². The van der Waals surface area contributed by atoms with Gasteiger partial charge in [0.1, 0.15) is 0 Å². The van der Waals surface area contributed by atoms with E-state index in [1.54, 1.807) is 7.11 Å². The second-order valence-corrected chi connectivity index (χ2v) is 6.29. The number of carbonyl (C=O) groups is 1. The molecule has 2 aromatic rings. The summed E-state index contributed by atoms with van der Waals surface area (Å²) in [5.74, 6) is 1.18. The molecule has 0 atom stereocenters. The van der Waals surface area contributed by atoms with Crippen molar-refractivity contribution in [1.82, 2.24) is 20.1 Å². The van der Waals surface area contributed by atoms with Gasteiger partial charge in [-0.3, -0.25) is 4.79 Å². The molecule has 0 saturated carbocycles. The van der Waals surface area contributed by atoms with Crippen LogP contribution in [0.1, 0.15) is 18.9 Å². The molecule has 0 unspecified atom stereocenters. The van der Waals surface area contributed by atoms with Gasteiger partial charge in [-0.05, 0) is 25.8 Å². The third kappa shape index (κ3) is 4.82. The van der Waals surface area contributed by atoms with Crippen LogP contribution in [-0.4, -0.2) is 46.7 Å². The van der Waals surface area contributed by atoms with Crippen molar-refractivity contribution in [2.75, 3.05) is 26.0 Å². The Hall–Kier alpha value is -1.86. The summed E-state index contributed by atoms with van der Waals surface area (Å²) in [6.45, 7) is 6.15. The predicted octanol–water partition coefficient (Wildman–Crippen LogP) is 2.52. The molecule has 0 aliphatic heterocycles. The van der Waals surface area contributed by atoms with Crippen molar-refractivity contribution >= 4 is 17.7 Å². The van der Waals surface area contributed by atoms with Crippen molar-refractivity contribution in [2.45, 2.75) is 32.0 Å². The summed E-state index contributed by atoms with van der Waals surface area (Å²) < 4.78 is 7.01. The molecular formula is C17H24N4O2S. The normalized spacial score (nSPS) is 10.8. The van der Waals surface area contributed by atoms with E-state index in [1.807, 2.05) is 22.8 Å². The van der Waals surface area contributed by atoms with Gasteiger partial charge in [0.2, 0.25) is 5.91 Å². The molecule has 1 N–H and O–H groups in total. The Bertz CT molecular complexity index is 672. The number of hydrogen-bond acceptors (Lipinski definition) is 5. The molecule has 0 bridgehead atoms. The predicted molar refractivity (Wildman–Crippen MR) is 96.1 cm³/mol. The minimum Gasteiger partial charge on any atom is -0.385 e. The number of rotatable bonds is 9. The Morgan fingerprint density at radius 1 is 1.33 bits per heavy atom. The quantitative estimate of drug-likeness (QED) is 0.557. The van der Waals surface area contributed by atoms with Crippen LogP contribution in [0.25, 0.3) is 11.4 Å². The first-order chi connectivity index (χ1) is 11.7. The van der Waals surface area contributed by atoms with Gasteiger partial charge in [-0.25, -0.2) is 0 Å². The lowest BCUT2D eigenvalue weighted by atomic mass is 10.1. The summed E-state index contributed by atoms with van der Waals surface area (Å²) >= 11 is 1.41. The highest BCUT2D eigenvalue weighted by Gasteiger charge is 2.15. The van der Waals surface area contributed by atoms with E-state index in [9.17, 15) is 4.79 Å². The number of amides is 1. The number of aryl methyl sites for hydroxylation is 1. The maximum Gasteiger partial charge on any atom is 0.230 e. The number of aromatic nitrogens is 3. The summed E-state index contributed by atoms with van der Waals surface area (Å²) in [5, 5.41) is 12.2. The van der Waals surface area contributed by atoms with Gasteiger partial charge in [-0.15, -0.1) is 10.2 Å². The highest BCUT2D eigenvalue weighted by atomic mass is 32.2. The minimum atomic E-state index is -0.000743. The topological polar surface area (TPSA) is 69.0 Å². The number of methoxy groups -OCH3 is 1. The van der Waals surface area contributed by atoms with Crippen LogP contribution in [0.4, 0.5) is 0 Å². The number of nitrogens with zero attached hydrogens (tertiary/aromatic N) is 3. The van der Waals surface area contributed by atoms with Crippen molar-refractivity contribution < 1.29 is 9.53 Å². The average Bonchev–Trinajstić information content (AvgIpc) is 3.00. The number of nitrogens with one attached hydrogen (secondary N) is 1. The van der Waals surface area contributed by atoms with Crippen LogP contribution < -0.4 is 5.32 Å². The zero-order valence-corrected chi connectivity index (χ0v) is 15.2. The summed E-state index contributed by atoms with van der Waals surface area (Å²) in [5.41, 5.74) is 2.23. The molecule has 0 aliphatic carbocycles. The van der Waals surface area contributed by atoms with Crippen molar-refractivity contribution in [3.05, 3.63) is 29.8 Å². The molecule has 24 heavy (non-hydrogen) atoms. The van der Waals surface area contributed by atoms with Gasteiger partial charge in [0, 0.05) is 32.4 Å². The van der Waals surface area contributed by atoms with Crippen LogP contribution in [0.5, 0.6) is 0 Å². The van der Waals surface area contributed by atoms with Gasteiger partial charge in [0.15, 0.2) is 11.0 Å². The fraction of sp³-hybridized carbons (Fsp3) is 0.471. The molecule has 7 heteroatoms. The van der Waals surface area contributed by atoms with Gasteiger partial charge in [-0.2, -0.15) is 0 Å². The molecule has 1 heterocycles. The van der Waals surface area contributed by atoms with E-state index < -0.39 is 0 Å². The average molecular weight is 348 g/mol. The molecule has 0 spiro atoms. The van der Waals surface area contributed by atoms with E-state index in [-0.39, 0.29) is 5.91 Å². The largest absolute Gasteiger partial charge is 0.385 e. The molecular weight excluding hydrogens is 324 g/mol. The molecule has 130 valence electrons. The first kappa shape index (κ1) is 18.5. The first-order valence-corrected chi connectivity index (χ1v) is 9.03. The molecule has 1 amide bonds. The third-order valence-corrected chi connectivity index (χ3v) is 4.57. The highest BCUT2D eigenvalue weighted by Crippen LogP contribution is 2.25. The first-order valence-electron chi connectivity index (χ1n) is 8.05. The van der Waals surface area contributed by atoms with Crippen molar-refractivity contribution in [3.8, 4) is 11.4 Å². The maximum atomic E-state index is 11.9. The molecule has 1 aromatic heterocycles. The number of ether oxygens (including phenoxy) is 1. The van der Waals surface area contributed by atoms with Crippen molar-refractivity contribution in [2.24, 2.45) is 0 Å². The van der Waals surface area contributed by atoms with E-state index in [2.05, 4.69) is 35.4 Å². The highest BCUT2D eigenvalue weighted by molar-refractivity contribution is 7.99. The summed E-state index contributed by atoms with van der Waals surface area (Å²) in [7, 11) is 1.65. The van der Waals surface area contributed by atoms with Gasteiger partial charge < -0.3 is 14.6 Å². The Kier molecular flexibility index (Phi) is 7.27. The van der Waals surface area contributed by atoms with Crippen LogP contribution in [-0.2, 0) is 16.1 Å². The fourth-order valence-electron chi connectivity index (χ4n) is 2.33. The summed E-state index contributed by atoms with van der Waals surface area (Å²) in [6, 6.07) is 8.11. The molecule has 0 fully saturated rings. The number of hydrogen-bond donors (Lipinski definition) is 1. The number of benzene rings is 1. The second-order valence-electron chi connectivity index (χ2n) is 5.35. The van der Waals surface area contributed by atoms with Crippen LogP contribution >= 0.6 is 11.8 Å². The zero-order chi connectivity index (χ0) is 17.4. The fourth-order valence-corrected chi connectivity index (χ4v) is 3.16. The minimum absolute atomic E-state index is 0.000743. The van der Waals surface area contributed by atoms with Gasteiger partial charge in [-0.1, -0.05) is 36.0 Å². The summed E-state index contributed by atoms with van der Waals surface area (Å²) in [6.07, 6.45) is 0.815. The van der Waals surface area contributed by atoms with Crippen LogP contribution in [0.2, 0.25) is 0 Å². The Morgan fingerprint density at radius 3 is 2.83 bits per heavy atom. The Labute approximate surface area is 147 Å². The van der Waals surface area contributed by atoms with Crippen LogP contribution in [0.15, 0.2) is 29.4 Å². The SMILES string of the molecule is CCn1c(SCC(=O)NCCCOC)nnc1-c1ccccc1C. The van der Waals surface area contributed by atoms with E-state index in [1.165, 1.54) is 11.8 Å². The van der Waals surface area contributed by atoms with Crippen molar-refractivity contribution in [1.29, 1.82) is 0 Å². The standard InChI is InChI=1S/C17H24N4O2S/c1-4-21-16(14-9-6-5-8-13(14)2)19-20-17(21)24-12-15(22)18-10-7-11-23-3/h5-6,8-9H,4,7,10-12H2,1-3H3,(H,18,22). The molecule has 2 rings (SSSR count). The lowest BCUT2D eigenvalue weighted by Gasteiger charge is -2.09. The third-order valence-electron chi connectivity index (χ3n) is 3.60. The van der Waals surface area contributed by atoms with Gasteiger partial charge in [0.05, 0.1) is 5.75 Å². The van der Waals surface area contributed by atoms with Crippen LogP contribution in [0.3, 0.4) is 0 Å². The molecule has 1 aromatic carbocycles. The van der Waals surface area contributed by atoms with Gasteiger partial charge >= 0.3 is 0 Å². The Morgan fingerprint density at radius 2 is 2.12 bits per heavy atom. The molecule has 0 saturated heterocycles. The molecule has 6 nitrogen and oxygen atoms in total. The maximum absolute atomic E-state index is 11.9. The van der Waals surface area contributed by atoms with Gasteiger partial charge in [0.25, 0.3) is 0 Å². The summed E-state index contributed by atoms with van der Waals surface area (Å²) in [4.78, 5) is 11.9. The molecule has 0 aliphatic rings. The van der Waals surface area contributed by atoms with E-state index in [0.29, 0.717) is 18.9 Å². The van der Waals surface area contributed by atoms with Crippen molar-refractivity contribution in [3.63, 3.8) is 0 Å². The number of carbonyl (C=O) groups excluding carboxylic acids is 1. The van der Waals surface area contributed by atoms with E-state index in [0.717, 1.165) is 35.1 Å². The van der Waals surface area contributed by atoms with E-state index in [4.69, 9.17) is 4.74 Å². The zero-order valence-electron chi connectivity index (χ0n) is 14.4. The Balaban J connectivity index is 2.00. The molecule has 0 radical (unpaired) electrons. The van der Waals surface area contributed by atoms with E-state index >= 15 is 0 Å². The number of thioether (sulfide) groups is 1. The lowest BCUT2D eigenvalue weighted by molar-refractivity contribution is -0.118. The lowest BCUT2D eigenvalue weighted by Crippen LogP contribution is -2.27.